The number of anilines is 1. The van der Waals surface area contributed by atoms with Gasteiger partial charge in [-0.3, -0.25) is 0 Å². The molecule has 1 aliphatic carbocycles. The van der Waals surface area contributed by atoms with Crippen molar-refractivity contribution in [2.45, 2.75) is 37.0 Å². The number of aliphatic hydroxyl groups is 1. The maximum atomic E-state index is 14.6. The lowest BCUT2D eigenvalue weighted by molar-refractivity contribution is -0.00606. The van der Waals surface area contributed by atoms with Crippen molar-refractivity contribution in [3.8, 4) is 17.0 Å². The van der Waals surface area contributed by atoms with Gasteiger partial charge >= 0.3 is 0 Å². The molecule has 3 aliphatic rings. The van der Waals surface area contributed by atoms with Crippen molar-refractivity contribution in [3.63, 3.8) is 0 Å². The quantitative estimate of drug-likeness (QED) is 0.685. The zero-order valence-electron chi connectivity index (χ0n) is 17.1. The topological polar surface area (TPSA) is 105 Å². The van der Waals surface area contributed by atoms with E-state index < -0.39 is 47.2 Å². The molecule has 8 nitrogen and oxygen atoms in total. The van der Waals surface area contributed by atoms with Gasteiger partial charge in [-0.05, 0) is 12.5 Å². The Morgan fingerprint density at radius 1 is 1.34 bits per heavy atom. The minimum Gasteiger partial charge on any atom is -0.491 e. The van der Waals surface area contributed by atoms with Crippen LogP contribution < -0.4 is 14.4 Å². The molecule has 3 heterocycles. The molecular formula is C20H21F3N4O4S. The first-order valence-corrected chi connectivity index (χ1v) is 12.0. The summed E-state index contributed by atoms with van der Waals surface area (Å²) in [7, 11) is -3.45. The van der Waals surface area contributed by atoms with Crippen LogP contribution in [0.15, 0.2) is 18.2 Å². The number of fused-ring (bicyclic) bond motifs is 2. The Kier molecular flexibility index (Phi) is 4.88. The Bertz CT molecular complexity index is 1190. The molecule has 2 N–H and O–H groups in total. The first-order chi connectivity index (χ1) is 15.1. The summed E-state index contributed by atoms with van der Waals surface area (Å²) in [6, 6.07) is 3.57. The van der Waals surface area contributed by atoms with Gasteiger partial charge in [-0.15, -0.1) is 0 Å². The van der Waals surface area contributed by atoms with Crippen molar-refractivity contribution >= 4 is 16.0 Å². The molecule has 1 aromatic heterocycles. The Hall–Kier alpha value is -2.44. The number of β-amino-alcohol motifs (C(OH)–C–C–N with tert-alkyl or cyclic N) is 1. The number of halogens is 3. The number of aromatic nitrogens is 2. The third kappa shape index (κ3) is 3.50. The van der Waals surface area contributed by atoms with Gasteiger partial charge in [0.25, 0.3) is 5.92 Å². The normalized spacial score (nSPS) is 25.8. The van der Waals surface area contributed by atoms with Gasteiger partial charge in [0.2, 0.25) is 16.0 Å². The second-order valence-corrected chi connectivity index (χ2v) is 10.1. The molecule has 32 heavy (non-hydrogen) atoms. The van der Waals surface area contributed by atoms with Crippen LogP contribution >= 0.6 is 0 Å². The highest BCUT2D eigenvalue weighted by Crippen LogP contribution is 2.46. The van der Waals surface area contributed by atoms with Crippen molar-refractivity contribution in [2.75, 3.05) is 31.0 Å². The summed E-state index contributed by atoms with van der Waals surface area (Å²) in [4.78, 5) is 9.91. The number of hydrogen-bond acceptors (Lipinski definition) is 7. The van der Waals surface area contributed by atoms with Crippen LogP contribution in [-0.2, 0) is 22.4 Å². The van der Waals surface area contributed by atoms with E-state index in [1.165, 1.54) is 4.90 Å². The van der Waals surface area contributed by atoms with E-state index in [4.69, 9.17) is 4.74 Å². The fraction of sp³-hybridized carbons (Fsp3) is 0.500. The van der Waals surface area contributed by atoms with Crippen molar-refractivity contribution < 1.29 is 31.4 Å². The summed E-state index contributed by atoms with van der Waals surface area (Å²) in [6.07, 6.45) is -0.162. The van der Waals surface area contributed by atoms with Crippen LogP contribution in [0.5, 0.6) is 5.75 Å². The molecule has 3 atom stereocenters. The number of benzene rings is 1. The molecule has 5 rings (SSSR count). The minimum atomic E-state index is -3.45. The van der Waals surface area contributed by atoms with Gasteiger partial charge in [0.15, 0.2) is 0 Å². The monoisotopic (exact) mass is 470 g/mol. The number of aliphatic hydroxyl groups excluding tert-OH is 1. The number of alkyl halides is 3. The lowest BCUT2D eigenvalue weighted by Crippen LogP contribution is -2.62. The van der Waals surface area contributed by atoms with Crippen LogP contribution in [0, 0.1) is 0 Å². The molecule has 172 valence electrons. The average Bonchev–Trinajstić information content (AvgIpc) is 3.24. The lowest BCUT2D eigenvalue weighted by Gasteiger charge is -2.44. The molecular weight excluding hydrogens is 449 g/mol. The molecule has 0 radical (unpaired) electrons. The van der Waals surface area contributed by atoms with E-state index in [0.717, 1.165) is 6.26 Å². The van der Waals surface area contributed by atoms with E-state index >= 15 is 0 Å². The molecule has 1 saturated heterocycles. The van der Waals surface area contributed by atoms with Gasteiger partial charge in [0, 0.05) is 29.7 Å². The summed E-state index contributed by atoms with van der Waals surface area (Å²) >= 11 is 0. The molecule has 1 aromatic carbocycles. The zero-order valence-corrected chi connectivity index (χ0v) is 17.9. The fourth-order valence-electron chi connectivity index (χ4n) is 4.44. The molecule has 0 unspecified atom stereocenters. The van der Waals surface area contributed by atoms with Gasteiger partial charge in [0.1, 0.15) is 24.7 Å². The summed E-state index contributed by atoms with van der Waals surface area (Å²) in [5.41, 5.74) is 1.39. The number of hydrogen-bond donors (Lipinski definition) is 2. The van der Waals surface area contributed by atoms with Crippen LogP contribution in [-0.4, -0.2) is 61.7 Å². The Morgan fingerprint density at radius 3 is 2.81 bits per heavy atom. The highest BCUT2D eigenvalue weighted by molar-refractivity contribution is 7.88. The number of ether oxygens (including phenoxy) is 1. The van der Waals surface area contributed by atoms with Crippen molar-refractivity contribution in [1.29, 1.82) is 0 Å². The molecule has 0 spiro atoms. The SMILES string of the molecule is CS(=O)(=O)N[C@H]1COc2cc(-c3nc(N4C[C@@H](O)[C@@H]4CF)nc4c3CCC4(F)F)ccc21. The number of nitrogens with one attached hydrogen (secondary N) is 1. The van der Waals surface area contributed by atoms with Crippen LogP contribution in [0.4, 0.5) is 19.1 Å². The molecule has 0 bridgehead atoms. The first kappa shape index (κ1) is 21.4. The maximum Gasteiger partial charge on any atom is 0.290 e. The smallest absolute Gasteiger partial charge is 0.290 e. The molecule has 2 aliphatic heterocycles. The van der Waals surface area contributed by atoms with Crippen LogP contribution in [0.2, 0.25) is 0 Å². The summed E-state index contributed by atoms with van der Waals surface area (Å²) in [5, 5.41) is 9.78. The molecule has 0 amide bonds. The van der Waals surface area contributed by atoms with E-state index in [1.54, 1.807) is 18.2 Å². The molecule has 1 fully saturated rings. The van der Waals surface area contributed by atoms with Gasteiger partial charge < -0.3 is 14.7 Å². The van der Waals surface area contributed by atoms with Gasteiger partial charge in [-0.2, -0.15) is 8.78 Å². The Labute approximate surface area is 182 Å². The summed E-state index contributed by atoms with van der Waals surface area (Å²) in [6.45, 7) is -0.680. The van der Waals surface area contributed by atoms with Crippen LogP contribution in [0.3, 0.4) is 0 Å². The van der Waals surface area contributed by atoms with Crippen molar-refractivity contribution in [3.05, 3.63) is 35.0 Å². The lowest BCUT2D eigenvalue weighted by atomic mass is 10.00. The Balaban J connectivity index is 1.57. The van der Waals surface area contributed by atoms with Gasteiger partial charge in [-0.1, -0.05) is 12.1 Å². The minimum absolute atomic E-state index is 0.0497. The molecule has 0 saturated carbocycles. The van der Waals surface area contributed by atoms with Crippen molar-refractivity contribution in [1.82, 2.24) is 14.7 Å². The standard InChI is InChI=1S/C20H21F3N4O4S/c1-32(29,30)26-13-9-31-16-6-10(2-3-11(13)16)17-12-4-5-20(22,23)18(12)25-19(24-17)27-8-15(28)14(27)7-21/h2-3,6,13-15,26,28H,4-5,7-9H2,1H3/t13-,14-,15+/m0/s1. The Morgan fingerprint density at radius 2 is 2.12 bits per heavy atom. The van der Waals surface area contributed by atoms with Gasteiger partial charge in [-0.25, -0.2) is 27.5 Å². The predicted molar refractivity (Wildman–Crippen MR) is 109 cm³/mol. The van der Waals surface area contributed by atoms with Gasteiger partial charge in [0.05, 0.1) is 30.1 Å². The van der Waals surface area contributed by atoms with E-state index in [-0.39, 0.29) is 31.2 Å². The highest BCUT2D eigenvalue weighted by atomic mass is 32.2. The number of sulfonamides is 1. The average molecular weight is 470 g/mol. The largest absolute Gasteiger partial charge is 0.491 e. The van der Waals surface area contributed by atoms with Crippen LogP contribution in [0.25, 0.3) is 11.3 Å². The summed E-state index contributed by atoms with van der Waals surface area (Å²) in [5.74, 6) is -2.75. The fourth-order valence-corrected chi connectivity index (χ4v) is 5.15. The third-order valence-corrected chi connectivity index (χ3v) is 6.81. The third-order valence-electron chi connectivity index (χ3n) is 6.10. The highest BCUT2D eigenvalue weighted by Gasteiger charge is 2.46. The number of nitrogens with zero attached hydrogens (tertiary/aromatic N) is 3. The number of rotatable bonds is 5. The van der Waals surface area contributed by atoms with E-state index in [9.17, 15) is 26.7 Å². The molecule has 2 aromatic rings. The predicted octanol–water partition coefficient (Wildman–Crippen LogP) is 1.68. The second-order valence-electron chi connectivity index (χ2n) is 8.35. The second kappa shape index (κ2) is 7.29. The molecule has 12 heteroatoms. The van der Waals surface area contributed by atoms with Crippen molar-refractivity contribution in [2.24, 2.45) is 0 Å². The zero-order chi connectivity index (χ0) is 22.8. The van der Waals surface area contributed by atoms with E-state index in [0.29, 0.717) is 28.1 Å². The maximum absolute atomic E-state index is 14.6. The van der Waals surface area contributed by atoms with E-state index in [1.807, 2.05) is 0 Å². The first-order valence-electron chi connectivity index (χ1n) is 10.1. The van der Waals surface area contributed by atoms with Crippen LogP contribution in [0.1, 0.15) is 29.3 Å². The van der Waals surface area contributed by atoms with E-state index in [2.05, 4.69) is 14.7 Å². The summed E-state index contributed by atoms with van der Waals surface area (Å²) < 4.78 is 73.7.